The second kappa shape index (κ2) is 4.71. The van der Waals surface area contributed by atoms with Crippen LogP contribution in [0.25, 0.3) is 11.5 Å². The van der Waals surface area contributed by atoms with Crippen LogP contribution in [0.4, 0.5) is 0 Å². The van der Waals surface area contributed by atoms with E-state index in [9.17, 15) is 0 Å². The van der Waals surface area contributed by atoms with Gasteiger partial charge in [-0.15, -0.1) is 0 Å². The number of hydrogen-bond donors (Lipinski definition) is 1. The molecule has 2 heterocycles. The summed E-state index contributed by atoms with van der Waals surface area (Å²) in [5, 5.41) is 0. The molecular weight excluding hydrogens is 232 g/mol. The number of nitrogens with zero attached hydrogens (tertiary/aromatic N) is 3. The molecule has 0 aliphatic heterocycles. The molecule has 0 saturated heterocycles. The van der Waals surface area contributed by atoms with Gasteiger partial charge in [0.2, 0.25) is 0 Å². The number of nitrogens with one attached hydrogen (secondary N) is 1. The van der Waals surface area contributed by atoms with Crippen LogP contribution in [0.1, 0.15) is 31.0 Å². The Morgan fingerprint density at radius 2 is 2.12 bits per heavy atom. The maximum atomic E-state index is 5.33. The van der Waals surface area contributed by atoms with Crippen molar-refractivity contribution in [3.05, 3.63) is 34.5 Å². The summed E-state index contributed by atoms with van der Waals surface area (Å²) in [5.41, 5.74) is 2.90. The molecule has 17 heavy (non-hydrogen) atoms. The molecule has 0 aromatic carbocycles. The number of hydrogen-bond acceptors (Lipinski definition) is 4. The zero-order valence-corrected chi connectivity index (χ0v) is 10.9. The van der Waals surface area contributed by atoms with E-state index in [1.807, 2.05) is 13.0 Å². The summed E-state index contributed by atoms with van der Waals surface area (Å²) in [4.78, 5) is 15.7. The highest BCUT2D eigenvalue weighted by atomic mass is 32.1. The van der Waals surface area contributed by atoms with E-state index >= 15 is 0 Å². The molecule has 1 N–H and O–H groups in total. The predicted molar refractivity (Wildman–Crippen MR) is 69.3 cm³/mol. The lowest BCUT2D eigenvalue weighted by Gasteiger charge is -2.11. The molecule has 2 aromatic heterocycles. The summed E-state index contributed by atoms with van der Waals surface area (Å²) in [6.07, 6.45) is 3.19. The Kier molecular flexibility index (Phi) is 3.28. The minimum Gasteiger partial charge on any atom is -0.342 e. The van der Waals surface area contributed by atoms with Gasteiger partial charge in [-0.25, -0.2) is 15.0 Å². The first-order chi connectivity index (χ1) is 8.09. The zero-order chi connectivity index (χ0) is 12.4. The van der Waals surface area contributed by atoms with Crippen LogP contribution in [0.5, 0.6) is 0 Å². The van der Waals surface area contributed by atoms with E-state index in [4.69, 9.17) is 12.2 Å². The Bertz CT molecular complexity index is 575. The highest BCUT2D eigenvalue weighted by Gasteiger charge is 2.10. The number of H-pyrrole nitrogens is 1. The van der Waals surface area contributed by atoms with Crippen LogP contribution < -0.4 is 0 Å². The third kappa shape index (κ3) is 2.39. The molecule has 0 radical (unpaired) electrons. The lowest BCUT2D eigenvalue weighted by molar-refractivity contribution is 0.824. The van der Waals surface area contributed by atoms with Crippen molar-refractivity contribution in [3.8, 4) is 11.5 Å². The van der Waals surface area contributed by atoms with Crippen molar-refractivity contribution in [2.75, 3.05) is 0 Å². The highest BCUT2D eigenvalue weighted by Crippen LogP contribution is 2.20. The fourth-order valence-electron chi connectivity index (χ4n) is 1.83. The Hall–Kier alpha value is -1.62. The van der Waals surface area contributed by atoms with Gasteiger partial charge in [-0.05, 0) is 18.9 Å². The third-order valence-electron chi connectivity index (χ3n) is 2.56. The van der Waals surface area contributed by atoms with E-state index < -0.39 is 0 Å². The van der Waals surface area contributed by atoms with Gasteiger partial charge in [-0.1, -0.05) is 26.1 Å². The van der Waals surface area contributed by atoms with Gasteiger partial charge >= 0.3 is 0 Å². The van der Waals surface area contributed by atoms with Gasteiger partial charge in [0.25, 0.3) is 0 Å². The fourth-order valence-corrected chi connectivity index (χ4v) is 2.31. The molecule has 2 aromatic rings. The van der Waals surface area contributed by atoms with Crippen molar-refractivity contribution in [2.24, 2.45) is 0 Å². The summed E-state index contributed by atoms with van der Waals surface area (Å²) >= 11 is 5.33. The Balaban J connectivity index is 2.58. The monoisotopic (exact) mass is 246 g/mol. The van der Waals surface area contributed by atoms with Crippen molar-refractivity contribution < 1.29 is 0 Å². The molecular formula is C12H14N4S. The van der Waals surface area contributed by atoms with E-state index in [1.165, 1.54) is 6.33 Å². The maximum absolute atomic E-state index is 5.33. The Morgan fingerprint density at radius 3 is 2.65 bits per heavy atom. The third-order valence-corrected chi connectivity index (χ3v) is 2.87. The van der Waals surface area contributed by atoms with Gasteiger partial charge in [-0.2, -0.15) is 0 Å². The van der Waals surface area contributed by atoms with Crippen LogP contribution >= 0.6 is 12.2 Å². The summed E-state index contributed by atoms with van der Waals surface area (Å²) < 4.78 is 0.643. The minimum absolute atomic E-state index is 0.366. The summed E-state index contributed by atoms with van der Waals surface area (Å²) in [6, 6.07) is 1.81. The van der Waals surface area contributed by atoms with Gasteiger partial charge in [0, 0.05) is 17.5 Å². The van der Waals surface area contributed by atoms with Gasteiger partial charge in [0.05, 0.1) is 0 Å². The van der Waals surface area contributed by atoms with Crippen LogP contribution in [0.3, 0.4) is 0 Å². The van der Waals surface area contributed by atoms with Crippen molar-refractivity contribution in [2.45, 2.75) is 26.7 Å². The first kappa shape index (κ1) is 11.9. The van der Waals surface area contributed by atoms with Gasteiger partial charge in [-0.3, -0.25) is 0 Å². The van der Waals surface area contributed by atoms with Gasteiger partial charge in [0.15, 0.2) is 5.82 Å². The standard InChI is InChI=1S/C12H14N4S/c1-7(2)10-8(3)15-11(16-12(10)17)9-4-5-13-6-14-9/h4-7H,1-3H3,(H,15,16,17). The van der Waals surface area contributed by atoms with Crippen LogP contribution in [0.2, 0.25) is 0 Å². The number of aryl methyl sites for hydroxylation is 1. The normalized spacial score (nSPS) is 10.8. The van der Waals surface area contributed by atoms with Crippen LogP contribution in [-0.2, 0) is 0 Å². The predicted octanol–water partition coefficient (Wildman–Crippen LogP) is 3.03. The largest absolute Gasteiger partial charge is 0.342 e. The second-order valence-electron chi connectivity index (χ2n) is 4.18. The van der Waals surface area contributed by atoms with Gasteiger partial charge in [0.1, 0.15) is 16.7 Å². The average Bonchev–Trinajstić information content (AvgIpc) is 2.28. The average molecular weight is 246 g/mol. The van der Waals surface area contributed by atoms with Crippen LogP contribution in [0.15, 0.2) is 18.6 Å². The zero-order valence-electron chi connectivity index (χ0n) is 10.1. The molecule has 0 aliphatic rings. The maximum Gasteiger partial charge on any atom is 0.157 e. The second-order valence-corrected chi connectivity index (χ2v) is 4.57. The van der Waals surface area contributed by atoms with E-state index in [1.54, 1.807) is 6.20 Å². The van der Waals surface area contributed by atoms with E-state index in [2.05, 4.69) is 33.8 Å². The smallest absolute Gasteiger partial charge is 0.157 e. The van der Waals surface area contributed by atoms with Crippen molar-refractivity contribution in [3.63, 3.8) is 0 Å². The van der Waals surface area contributed by atoms with Crippen LogP contribution in [-0.4, -0.2) is 19.9 Å². The van der Waals surface area contributed by atoms with Crippen molar-refractivity contribution in [1.29, 1.82) is 0 Å². The topological polar surface area (TPSA) is 54.5 Å². The lowest BCUT2D eigenvalue weighted by Crippen LogP contribution is -2.02. The quantitative estimate of drug-likeness (QED) is 0.827. The lowest BCUT2D eigenvalue weighted by atomic mass is 10.0. The van der Waals surface area contributed by atoms with E-state index in [-0.39, 0.29) is 0 Å². The number of rotatable bonds is 2. The first-order valence-electron chi connectivity index (χ1n) is 5.46. The van der Waals surface area contributed by atoms with Crippen molar-refractivity contribution >= 4 is 12.2 Å². The summed E-state index contributed by atoms with van der Waals surface area (Å²) in [6.45, 7) is 6.23. The Labute approximate surface area is 105 Å². The van der Waals surface area contributed by atoms with E-state index in [0.717, 1.165) is 17.0 Å². The summed E-state index contributed by atoms with van der Waals surface area (Å²) in [7, 11) is 0. The summed E-state index contributed by atoms with van der Waals surface area (Å²) in [5.74, 6) is 1.06. The van der Waals surface area contributed by atoms with Crippen molar-refractivity contribution in [1.82, 2.24) is 19.9 Å². The molecule has 88 valence electrons. The molecule has 0 aliphatic carbocycles. The molecule has 0 saturated carbocycles. The number of aromatic nitrogens is 4. The minimum atomic E-state index is 0.366. The first-order valence-corrected chi connectivity index (χ1v) is 5.87. The molecule has 5 heteroatoms. The molecule has 0 amide bonds. The molecule has 0 atom stereocenters. The fraction of sp³-hybridized carbons (Fsp3) is 0.333. The molecule has 0 spiro atoms. The molecule has 2 rings (SSSR count). The molecule has 4 nitrogen and oxygen atoms in total. The number of aromatic amines is 1. The Morgan fingerprint density at radius 1 is 1.35 bits per heavy atom. The molecule has 0 unspecified atom stereocenters. The van der Waals surface area contributed by atoms with E-state index in [0.29, 0.717) is 16.4 Å². The SMILES string of the molecule is Cc1[nH]c(-c2ccncn2)nc(=S)c1C(C)C. The van der Waals surface area contributed by atoms with Crippen LogP contribution in [0, 0.1) is 11.6 Å². The van der Waals surface area contributed by atoms with Gasteiger partial charge < -0.3 is 4.98 Å². The molecule has 0 bridgehead atoms. The molecule has 0 fully saturated rings. The highest BCUT2D eigenvalue weighted by molar-refractivity contribution is 7.71.